The van der Waals surface area contributed by atoms with E-state index in [1.54, 1.807) is 12.1 Å². The second-order valence-corrected chi connectivity index (χ2v) is 6.96. The smallest absolute Gasteiger partial charge is 0.277 e. The summed E-state index contributed by atoms with van der Waals surface area (Å²) in [6.45, 7) is 1.83. The number of hydrogen-bond donors (Lipinski definition) is 1. The lowest BCUT2D eigenvalue weighted by atomic mass is 10.1. The third-order valence-electron chi connectivity index (χ3n) is 3.22. The molecule has 21 heavy (non-hydrogen) atoms. The number of rotatable bonds is 1. The van der Waals surface area contributed by atoms with E-state index in [9.17, 15) is 14.4 Å². The third-order valence-corrected chi connectivity index (χ3v) is 5.34. The van der Waals surface area contributed by atoms with Crippen molar-refractivity contribution in [2.75, 3.05) is 5.73 Å². The largest absolute Gasteiger partial charge is 0.398 e. The van der Waals surface area contributed by atoms with Gasteiger partial charge in [0.1, 0.15) is 0 Å². The zero-order valence-corrected chi connectivity index (χ0v) is 13.2. The van der Waals surface area contributed by atoms with Crippen LogP contribution in [0.3, 0.4) is 0 Å². The minimum atomic E-state index is -0.666. The van der Waals surface area contributed by atoms with Crippen LogP contribution in [0.25, 0.3) is 0 Å². The van der Waals surface area contributed by atoms with Crippen molar-refractivity contribution in [3.05, 3.63) is 49.6 Å². The van der Waals surface area contributed by atoms with E-state index >= 15 is 0 Å². The third kappa shape index (κ3) is 2.00. The first kappa shape index (κ1) is 14.0. The lowest BCUT2D eigenvalue weighted by Crippen LogP contribution is -2.35. The van der Waals surface area contributed by atoms with Crippen LogP contribution in [0.1, 0.15) is 36.0 Å². The van der Waals surface area contributed by atoms with Gasteiger partial charge in [-0.25, -0.2) is 4.90 Å². The number of fused-ring (bicyclic) bond motifs is 1. The van der Waals surface area contributed by atoms with Crippen molar-refractivity contribution in [1.29, 1.82) is 0 Å². The fourth-order valence-electron chi connectivity index (χ4n) is 2.17. The monoisotopic (exact) mass is 364 g/mol. The number of hydrogen-bond acceptors (Lipinski definition) is 5. The number of amides is 3. The summed E-state index contributed by atoms with van der Waals surface area (Å²) in [6.07, 6.45) is 0. The van der Waals surface area contributed by atoms with Gasteiger partial charge < -0.3 is 5.73 Å². The number of halogens is 1. The van der Waals surface area contributed by atoms with E-state index in [1.807, 2.05) is 6.92 Å². The van der Waals surface area contributed by atoms with Crippen molar-refractivity contribution >= 4 is 50.7 Å². The van der Waals surface area contributed by atoms with Gasteiger partial charge in [0.05, 0.1) is 19.8 Å². The molecule has 0 aliphatic carbocycles. The van der Waals surface area contributed by atoms with Crippen LogP contribution in [0.15, 0.2) is 28.1 Å². The summed E-state index contributed by atoms with van der Waals surface area (Å²) in [6, 6.07) is 6.25. The molecular weight excluding hydrogens is 356 g/mol. The zero-order valence-electron chi connectivity index (χ0n) is 10.8. The van der Waals surface area contributed by atoms with Gasteiger partial charge in [0.2, 0.25) is 0 Å². The van der Waals surface area contributed by atoms with Crippen LogP contribution in [0, 0.1) is 6.92 Å². The van der Waals surface area contributed by atoms with Gasteiger partial charge in [-0.1, -0.05) is 6.07 Å². The van der Waals surface area contributed by atoms with Gasteiger partial charge in [-0.05, 0) is 46.6 Å². The fraction of sp³-hybridized carbons (Fsp3) is 0.0714. The molecule has 0 spiro atoms. The van der Waals surface area contributed by atoms with Gasteiger partial charge in [-0.2, -0.15) is 0 Å². The molecule has 1 aliphatic heterocycles. The topological polar surface area (TPSA) is 80.5 Å². The van der Waals surface area contributed by atoms with Crippen molar-refractivity contribution in [3.63, 3.8) is 0 Å². The average molecular weight is 365 g/mol. The molecule has 0 saturated carbocycles. The molecule has 0 saturated heterocycles. The molecule has 0 atom stereocenters. The van der Waals surface area contributed by atoms with Crippen LogP contribution in [0.2, 0.25) is 0 Å². The maximum Gasteiger partial charge on any atom is 0.277 e. The van der Waals surface area contributed by atoms with Crippen molar-refractivity contribution < 1.29 is 14.4 Å². The molecule has 1 aromatic heterocycles. The average Bonchev–Trinajstić information content (AvgIpc) is 2.90. The van der Waals surface area contributed by atoms with Gasteiger partial charge in [-0.3, -0.25) is 14.4 Å². The standard InChI is InChI=1S/C14H9BrN2O3S/c1-6-5-9(21-11(6)15)13(19)17-12(18)7-3-2-4-8(16)10(7)14(17)20/h2-5H,16H2,1H3. The Morgan fingerprint density at radius 2 is 2.00 bits per heavy atom. The van der Waals surface area contributed by atoms with Crippen LogP contribution < -0.4 is 5.73 Å². The van der Waals surface area contributed by atoms with Crippen LogP contribution in [-0.4, -0.2) is 22.6 Å². The molecule has 5 nitrogen and oxygen atoms in total. The predicted molar refractivity (Wildman–Crippen MR) is 82.4 cm³/mol. The molecule has 0 unspecified atom stereocenters. The van der Waals surface area contributed by atoms with E-state index in [0.29, 0.717) is 9.78 Å². The SMILES string of the molecule is Cc1cc(C(=O)N2C(=O)c3cccc(N)c3C2=O)sc1Br. The second kappa shape index (κ2) is 4.78. The lowest BCUT2D eigenvalue weighted by molar-refractivity contribution is 0.0568. The molecule has 0 bridgehead atoms. The Kier molecular flexibility index (Phi) is 3.18. The molecule has 0 fully saturated rings. The van der Waals surface area contributed by atoms with E-state index in [4.69, 9.17) is 5.73 Å². The Labute approximate surface area is 132 Å². The number of carbonyl (C=O) groups is 3. The minimum absolute atomic E-state index is 0.100. The van der Waals surface area contributed by atoms with Crippen molar-refractivity contribution in [2.45, 2.75) is 6.92 Å². The Balaban J connectivity index is 2.06. The fourth-order valence-corrected chi connectivity index (χ4v) is 3.64. The number of nitrogen functional groups attached to an aromatic ring is 1. The van der Waals surface area contributed by atoms with Crippen molar-refractivity contribution in [2.24, 2.45) is 0 Å². The summed E-state index contributed by atoms with van der Waals surface area (Å²) in [5.74, 6) is -1.92. The number of carbonyl (C=O) groups excluding carboxylic acids is 3. The number of thiophene rings is 1. The van der Waals surface area contributed by atoms with E-state index in [1.165, 1.54) is 23.5 Å². The quantitative estimate of drug-likeness (QED) is 0.623. The molecule has 106 valence electrons. The van der Waals surface area contributed by atoms with E-state index in [2.05, 4.69) is 15.9 Å². The van der Waals surface area contributed by atoms with Gasteiger partial charge in [0.15, 0.2) is 0 Å². The number of nitrogens with zero attached hydrogens (tertiary/aromatic N) is 1. The van der Waals surface area contributed by atoms with E-state index in [0.717, 1.165) is 9.35 Å². The summed E-state index contributed by atoms with van der Waals surface area (Å²) < 4.78 is 0.793. The maximum atomic E-state index is 12.4. The predicted octanol–water partition coefficient (Wildman–Crippen LogP) is 2.84. The zero-order chi connectivity index (χ0) is 15.3. The number of aryl methyl sites for hydroxylation is 1. The molecule has 0 radical (unpaired) electrons. The summed E-state index contributed by atoms with van der Waals surface area (Å²) in [4.78, 5) is 38.0. The highest BCUT2D eigenvalue weighted by molar-refractivity contribution is 9.11. The van der Waals surface area contributed by atoms with Crippen molar-refractivity contribution in [3.8, 4) is 0 Å². The van der Waals surface area contributed by atoms with Crippen molar-refractivity contribution in [1.82, 2.24) is 4.90 Å². The summed E-state index contributed by atoms with van der Waals surface area (Å²) in [5, 5.41) is 0. The normalized spacial score (nSPS) is 13.7. The molecule has 2 heterocycles. The summed E-state index contributed by atoms with van der Waals surface area (Å²) in [7, 11) is 0. The first-order chi connectivity index (χ1) is 9.91. The molecule has 3 rings (SSSR count). The van der Waals surface area contributed by atoms with Crippen LogP contribution in [0.4, 0.5) is 5.69 Å². The molecular formula is C14H9BrN2O3S. The van der Waals surface area contributed by atoms with Gasteiger partial charge in [-0.15, -0.1) is 11.3 Å². The number of imide groups is 3. The van der Waals surface area contributed by atoms with Gasteiger partial charge >= 0.3 is 0 Å². The van der Waals surface area contributed by atoms with Crippen LogP contribution in [-0.2, 0) is 0 Å². The Morgan fingerprint density at radius 1 is 1.29 bits per heavy atom. The molecule has 1 aromatic carbocycles. The molecule has 2 N–H and O–H groups in total. The minimum Gasteiger partial charge on any atom is -0.398 e. The van der Waals surface area contributed by atoms with Crippen LogP contribution in [0.5, 0.6) is 0 Å². The molecule has 1 aliphatic rings. The molecule has 7 heteroatoms. The number of nitrogens with two attached hydrogens (primary N) is 1. The lowest BCUT2D eigenvalue weighted by Gasteiger charge is -2.10. The Hall–Kier alpha value is -1.99. The first-order valence-electron chi connectivity index (χ1n) is 5.99. The maximum absolute atomic E-state index is 12.4. The second-order valence-electron chi connectivity index (χ2n) is 4.59. The van der Waals surface area contributed by atoms with Gasteiger partial charge in [0.25, 0.3) is 17.7 Å². The van der Waals surface area contributed by atoms with E-state index < -0.39 is 17.7 Å². The highest BCUT2D eigenvalue weighted by Gasteiger charge is 2.41. The molecule has 2 aromatic rings. The van der Waals surface area contributed by atoms with E-state index in [-0.39, 0.29) is 16.8 Å². The highest BCUT2D eigenvalue weighted by atomic mass is 79.9. The molecule has 3 amide bonds. The number of anilines is 1. The van der Waals surface area contributed by atoms with Gasteiger partial charge in [0, 0.05) is 5.69 Å². The summed E-state index contributed by atoms with van der Waals surface area (Å²) in [5.41, 5.74) is 7.08. The Bertz CT molecular complexity index is 793. The summed E-state index contributed by atoms with van der Waals surface area (Å²) >= 11 is 4.51. The Morgan fingerprint density at radius 3 is 2.57 bits per heavy atom. The highest BCUT2D eigenvalue weighted by Crippen LogP contribution is 2.32. The first-order valence-corrected chi connectivity index (χ1v) is 7.60. The van der Waals surface area contributed by atoms with Crippen LogP contribution >= 0.6 is 27.3 Å². The number of benzene rings is 1.